The van der Waals surface area contributed by atoms with Crippen LogP contribution in [0.15, 0.2) is 12.1 Å². The molecule has 0 radical (unpaired) electrons. The molecule has 1 amide bonds. The zero-order valence-electron chi connectivity index (χ0n) is 13.3. The van der Waals surface area contributed by atoms with E-state index in [1.165, 1.54) is 38.5 Å². The molecule has 4 aliphatic rings. The molecule has 1 heterocycles. The van der Waals surface area contributed by atoms with Crippen molar-refractivity contribution in [2.24, 2.45) is 23.2 Å². The van der Waals surface area contributed by atoms with E-state index in [2.05, 4.69) is 17.2 Å². The Bertz CT molecular complexity index is 611. The first-order valence-electron chi connectivity index (χ1n) is 8.58. The van der Waals surface area contributed by atoms with Gasteiger partial charge in [0, 0.05) is 6.04 Å². The molecule has 1 N–H and O–H groups in total. The highest BCUT2D eigenvalue weighted by Gasteiger charge is 2.53. The van der Waals surface area contributed by atoms with Crippen LogP contribution in [0.25, 0.3) is 0 Å². The van der Waals surface area contributed by atoms with Crippen molar-refractivity contribution in [3.63, 3.8) is 0 Å². The lowest BCUT2D eigenvalue weighted by Crippen LogP contribution is -2.55. The van der Waals surface area contributed by atoms with Crippen molar-refractivity contribution in [1.82, 2.24) is 10.3 Å². The van der Waals surface area contributed by atoms with Crippen LogP contribution in [0.4, 0.5) is 0 Å². The van der Waals surface area contributed by atoms with Crippen molar-refractivity contribution in [1.29, 1.82) is 0 Å². The zero-order chi connectivity index (χ0) is 16.2. The Labute approximate surface area is 147 Å². The molecule has 4 bridgehead atoms. The molecule has 0 spiro atoms. The summed E-state index contributed by atoms with van der Waals surface area (Å²) in [4.78, 5) is 16.7. The molecule has 1 aromatic rings. The quantitative estimate of drug-likeness (QED) is 0.799. The highest BCUT2D eigenvalue weighted by molar-refractivity contribution is 6.34. The topological polar surface area (TPSA) is 42.0 Å². The second kappa shape index (κ2) is 5.63. The molecule has 0 saturated heterocycles. The Morgan fingerprint density at radius 2 is 1.74 bits per heavy atom. The summed E-state index contributed by atoms with van der Waals surface area (Å²) >= 11 is 12.0. The summed E-state index contributed by atoms with van der Waals surface area (Å²) in [5.41, 5.74) is 0.505. The number of pyridine rings is 1. The van der Waals surface area contributed by atoms with Gasteiger partial charge in [-0.1, -0.05) is 23.2 Å². The highest BCUT2D eigenvalue weighted by atomic mass is 35.5. The van der Waals surface area contributed by atoms with Crippen LogP contribution >= 0.6 is 23.2 Å². The molecule has 23 heavy (non-hydrogen) atoms. The van der Waals surface area contributed by atoms with Gasteiger partial charge in [0.2, 0.25) is 0 Å². The molecule has 1 atom stereocenters. The fourth-order valence-corrected chi connectivity index (χ4v) is 6.04. The molecule has 1 unspecified atom stereocenters. The lowest BCUT2D eigenvalue weighted by Gasteiger charge is -2.59. The van der Waals surface area contributed by atoms with Gasteiger partial charge in [0.05, 0.1) is 5.02 Å². The van der Waals surface area contributed by atoms with E-state index in [4.69, 9.17) is 23.2 Å². The highest BCUT2D eigenvalue weighted by Crippen LogP contribution is 2.61. The molecule has 4 fully saturated rings. The van der Waals surface area contributed by atoms with E-state index >= 15 is 0 Å². The molecule has 4 aliphatic carbocycles. The van der Waals surface area contributed by atoms with E-state index in [1.807, 2.05) is 0 Å². The number of amides is 1. The number of carbonyl (C=O) groups excluding carboxylic acids is 1. The van der Waals surface area contributed by atoms with Gasteiger partial charge in [-0.15, -0.1) is 0 Å². The number of hydrogen-bond donors (Lipinski definition) is 1. The predicted octanol–water partition coefficient (Wildman–Crippen LogP) is 4.72. The van der Waals surface area contributed by atoms with Crippen LogP contribution in [-0.4, -0.2) is 16.9 Å². The molecule has 3 nitrogen and oxygen atoms in total. The fraction of sp³-hybridized carbons (Fsp3) is 0.667. The third-order valence-electron chi connectivity index (χ3n) is 6.38. The van der Waals surface area contributed by atoms with Crippen LogP contribution in [0.3, 0.4) is 0 Å². The van der Waals surface area contributed by atoms with Crippen molar-refractivity contribution in [2.45, 2.75) is 51.5 Å². The summed E-state index contributed by atoms with van der Waals surface area (Å²) in [5, 5.41) is 3.82. The minimum absolute atomic E-state index is 0.153. The average molecular weight is 353 g/mol. The molecular weight excluding hydrogens is 331 g/mol. The number of rotatable bonds is 3. The first-order valence-corrected chi connectivity index (χ1v) is 9.34. The second-order valence-electron chi connectivity index (χ2n) is 7.94. The third-order valence-corrected chi connectivity index (χ3v) is 6.89. The van der Waals surface area contributed by atoms with Gasteiger partial charge in [0.15, 0.2) is 0 Å². The second-order valence-corrected chi connectivity index (χ2v) is 8.73. The van der Waals surface area contributed by atoms with Gasteiger partial charge in [0.25, 0.3) is 5.91 Å². The maximum Gasteiger partial charge on any atom is 0.271 e. The fourth-order valence-electron chi connectivity index (χ4n) is 5.70. The number of halogens is 2. The van der Waals surface area contributed by atoms with Gasteiger partial charge in [-0.2, -0.15) is 0 Å². The first-order chi connectivity index (χ1) is 10.9. The van der Waals surface area contributed by atoms with E-state index in [0.717, 1.165) is 17.8 Å². The number of nitrogens with one attached hydrogen (secondary N) is 1. The van der Waals surface area contributed by atoms with Crippen molar-refractivity contribution in [3.8, 4) is 0 Å². The Morgan fingerprint density at radius 1 is 1.17 bits per heavy atom. The van der Waals surface area contributed by atoms with E-state index in [-0.39, 0.29) is 23.1 Å². The molecule has 4 saturated carbocycles. The van der Waals surface area contributed by atoms with Crippen molar-refractivity contribution in [3.05, 3.63) is 28.0 Å². The van der Waals surface area contributed by atoms with Crippen LogP contribution in [0.1, 0.15) is 55.9 Å². The van der Waals surface area contributed by atoms with Gasteiger partial charge in [-0.25, -0.2) is 4.98 Å². The maximum absolute atomic E-state index is 12.6. The Morgan fingerprint density at radius 3 is 2.30 bits per heavy atom. The molecular formula is C18H22Cl2N2O. The van der Waals surface area contributed by atoms with Crippen LogP contribution in [0.2, 0.25) is 10.2 Å². The predicted molar refractivity (Wildman–Crippen MR) is 91.8 cm³/mol. The van der Waals surface area contributed by atoms with Crippen molar-refractivity contribution < 1.29 is 4.79 Å². The van der Waals surface area contributed by atoms with Gasteiger partial charge >= 0.3 is 0 Å². The van der Waals surface area contributed by atoms with Crippen LogP contribution in [-0.2, 0) is 0 Å². The standard InChI is InChI=1S/C18H22Cl2N2O/c1-10(21-17(23)16-14(19)2-3-15(20)22-16)18-7-11-4-12(8-18)6-13(5-11)9-18/h2-3,10-13H,4-9H2,1H3,(H,21,23). The summed E-state index contributed by atoms with van der Waals surface area (Å²) in [5.74, 6) is 2.40. The van der Waals surface area contributed by atoms with Crippen LogP contribution < -0.4 is 5.32 Å². The van der Waals surface area contributed by atoms with Gasteiger partial charge in [0.1, 0.15) is 10.8 Å². The normalized spacial score (nSPS) is 36.0. The summed E-state index contributed by atoms with van der Waals surface area (Å²) < 4.78 is 0. The summed E-state index contributed by atoms with van der Waals surface area (Å²) in [6.45, 7) is 2.16. The summed E-state index contributed by atoms with van der Waals surface area (Å²) in [6.07, 6.45) is 8.00. The molecule has 5 heteroatoms. The number of hydrogen-bond acceptors (Lipinski definition) is 2. The van der Waals surface area contributed by atoms with Crippen molar-refractivity contribution >= 4 is 29.1 Å². The SMILES string of the molecule is CC(NC(=O)c1nc(Cl)ccc1Cl)C12CC3CC(CC(C3)C1)C2. The van der Waals surface area contributed by atoms with Crippen LogP contribution in [0, 0.1) is 23.2 Å². The molecule has 124 valence electrons. The van der Waals surface area contributed by atoms with Gasteiger partial charge in [-0.3, -0.25) is 4.79 Å². The number of aromatic nitrogens is 1. The Kier molecular flexibility index (Phi) is 3.85. The number of nitrogens with zero attached hydrogens (tertiary/aromatic N) is 1. The average Bonchev–Trinajstić information content (AvgIpc) is 2.48. The molecule has 0 aromatic carbocycles. The minimum atomic E-state index is -0.208. The van der Waals surface area contributed by atoms with E-state index in [1.54, 1.807) is 12.1 Å². The maximum atomic E-state index is 12.6. The summed E-state index contributed by atoms with van der Waals surface area (Å²) in [6, 6.07) is 3.38. The lowest BCUT2D eigenvalue weighted by atomic mass is 9.48. The van der Waals surface area contributed by atoms with E-state index < -0.39 is 0 Å². The van der Waals surface area contributed by atoms with Crippen molar-refractivity contribution in [2.75, 3.05) is 0 Å². The van der Waals surface area contributed by atoms with Gasteiger partial charge in [-0.05, 0) is 80.8 Å². The van der Waals surface area contributed by atoms with E-state index in [9.17, 15) is 4.79 Å². The van der Waals surface area contributed by atoms with Crippen LogP contribution in [0.5, 0.6) is 0 Å². The zero-order valence-corrected chi connectivity index (χ0v) is 14.8. The van der Waals surface area contributed by atoms with Gasteiger partial charge < -0.3 is 5.32 Å². The first kappa shape index (κ1) is 15.7. The molecule has 1 aromatic heterocycles. The smallest absolute Gasteiger partial charge is 0.271 e. The third kappa shape index (κ3) is 2.76. The van der Waals surface area contributed by atoms with E-state index in [0.29, 0.717) is 10.2 Å². The minimum Gasteiger partial charge on any atom is -0.348 e. The largest absolute Gasteiger partial charge is 0.348 e. The lowest BCUT2D eigenvalue weighted by molar-refractivity contribution is -0.0688. The monoisotopic (exact) mass is 352 g/mol. The molecule has 5 rings (SSSR count). The Hall–Kier alpha value is -0.800. The summed E-state index contributed by atoms with van der Waals surface area (Å²) in [7, 11) is 0. The molecule has 0 aliphatic heterocycles. The Balaban J connectivity index is 1.52. The number of carbonyl (C=O) groups is 1.